The molecule has 2 atom stereocenters. The van der Waals surface area contributed by atoms with Gasteiger partial charge in [-0.05, 0) is 83.5 Å². The van der Waals surface area contributed by atoms with E-state index >= 15 is 0 Å². The molecule has 0 aromatic heterocycles. The van der Waals surface area contributed by atoms with Gasteiger partial charge in [0.2, 0.25) is 0 Å². The minimum absolute atomic E-state index is 0.0266. The Morgan fingerprint density at radius 3 is 1.32 bits per heavy atom. The fourth-order valence-corrected chi connectivity index (χ4v) is 6.25. The van der Waals surface area contributed by atoms with Gasteiger partial charge in [0.1, 0.15) is 12.6 Å². The predicted molar refractivity (Wildman–Crippen MR) is 245 cm³/mol. The quantitative estimate of drug-likeness (QED) is 0.0262. The maximum absolute atomic E-state index is 12.7. The third-order valence-electron chi connectivity index (χ3n) is 9.78. The number of quaternary nitrogens is 1. The molecule has 59 heavy (non-hydrogen) atoms. The predicted octanol–water partition coefficient (Wildman–Crippen LogP) is 11.6. The number of unbranched alkanes of at least 4 members (excludes halogenated alkanes) is 12. The third-order valence-corrected chi connectivity index (χ3v) is 9.78. The molecule has 8 nitrogen and oxygen atoms in total. The summed E-state index contributed by atoms with van der Waals surface area (Å²) in [5.74, 6) is -1.78. The first kappa shape index (κ1) is 55.5. The lowest BCUT2D eigenvalue weighted by atomic mass is 10.1. The number of allylic oxidation sites excluding steroid dienone is 14. The van der Waals surface area contributed by atoms with Crippen molar-refractivity contribution in [1.82, 2.24) is 0 Å². The molecule has 0 N–H and O–H groups in total. The van der Waals surface area contributed by atoms with Crippen LogP contribution in [0.15, 0.2) is 85.1 Å². The number of nitrogens with zero attached hydrogens (tertiary/aromatic N) is 1. The monoisotopic (exact) mass is 824 g/mol. The van der Waals surface area contributed by atoms with E-state index in [4.69, 9.17) is 14.2 Å². The fourth-order valence-electron chi connectivity index (χ4n) is 6.25. The van der Waals surface area contributed by atoms with Gasteiger partial charge in [-0.2, -0.15) is 0 Å². The molecule has 0 aromatic rings. The van der Waals surface area contributed by atoms with Gasteiger partial charge in [-0.25, -0.2) is 0 Å². The van der Waals surface area contributed by atoms with Gasteiger partial charge in [-0.3, -0.25) is 9.59 Å². The van der Waals surface area contributed by atoms with Crippen LogP contribution in [0, 0.1) is 0 Å². The van der Waals surface area contributed by atoms with E-state index < -0.39 is 18.1 Å². The van der Waals surface area contributed by atoms with Gasteiger partial charge in [0, 0.05) is 19.3 Å². The second-order valence-corrected chi connectivity index (χ2v) is 16.2. The first-order chi connectivity index (χ1) is 28.6. The Bertz CT molecular complexity index is 1240. The van der Waals surface area contributed by atoms with Crippen LogP contribution in [-0.2, 0) is 28.6 Å². The smallest absolute Gasteiger partial charge is 0.306 e. The minimum atomic E-state index is -1.13. The first-order valence-electron chi connectivity index (χ1n) is 23.1. The number of carboxylic acids is 1. The molecule has 336 valence electrons. The van der Waals surface area contributed by atoms with Crippen molar-refractivity contribution in [2.45, 2.75) is 180 Å². The fraction of sp³-hybridized carbons (Fsp3) is 0.667. The lowest BCUT2D eigenvalue weighted by Gasteiger charge is -2.34. The summed E-state index contributed by atoms with van der Waals surface area (Å²) in [5.41, 5.74) is 0. The summed E-state index contributed by atoms with van der Waals surface area (Å²) in [6, 6.07) is -0.734. The zero-order valence-corrected chi connectivity index (χ0v) is 38.1. The Kier molecular flexibility index (Phi) is 38.8. The van der Waals surface area contributed by atoms with Gasteiger partial charge in [0.25, 0.3) is 0 Å². The Balaban J connectivity index is 4.29. The topological polar surface area (TPSA) is 102 Å². The molecule has 0 fully saturated rings. The lowest BCUT2D eigenvalue weighted by Crippen LogP contribution is -2.55. The minimum Gasteiger partial charge on any atom is -0.544 e. The zero-order valence-electron chi connectivity index (χ0n) is 38.1. The highest BCUT2D eigenvalue weighted by atomic mass is 16.6. The van der Waals surface area contributed by atoms with Gasteiger partial charge in [-0.15, -0.1) is 0 Å². The van der Waals surface area contributed by atoms with Gasteiger partial charge in [-0.1, -0.05) is 150 Å². The molecular formula is C51H85NO7. The van der Waals surface area contributed by atoms with Crippen molar-refractivity contribution in [2.75, 3.05) is 41.0 Å². The van der Waals surface area contributed by atoms with Crippen molar-refractivity contribution in [3.8, 4) is 0 Å². The van der Waals surface area contributed by atoms with Gasteiger partial charge < -0.3 is 28.6 Å². The Hall–Kier alpha value is -3.49. The normalized spacial score (nSPS) is 13.7. The van der Waals surface area contributed by atoms with E-state index in [-0.39, 0.29) is 42.7 Å². The molecule has 0 amide bonds. The molecule has 0 heterocycles. The Morgan fingerprint density at radius 2 is 0.898 bits per heavy atom. The van der Waals surface area contributed by atoms with E-state index in [1.807, 2.05) is 0 Å². The highest BCUT2D eigenvalue weighted by Gasteiger charge is 2.25. The first-order valence-corrected chi connectivity index (χ1v) is 23.1. The molecule has 2 unspecified atom stereocenters. The number of esters is 2. The molecule has 8 heteroatoms. The van der Waals surface area contributed by atoms with E-state index in [1.165, 1.54) is 19.3 Å². The van der Waals surface area contributed by atoms with Crippen LogP contribution in [0.1, 0.15) is 168 Å². The molecule has 0 saturated heterocycles. The summed E-state index contributed by atoms with van der Waals surface area (Å²) in [5, 5.41) is 11.6. The number of ether oxygens (including phenoxy) is 3. The molecule has 0 radical (unpaired) electrons. The number of hydrogen-bond acceptors (Lipinski definition) is 7. The number of rotatable bonds is 40. The van der Waals surface area contributed by atoms with Gasteiger partial charge >= 0.3 is 11.9 Å². The van der Waals surface area contributed by atoms with Crippen LogP contribution in [-0.4, -0.2) is 75.5 Å². The third kappa shape index (κ3) is 39.7. The molecule has 0 rings (SSSR count). The van der Waals surface area contributed by atoms with Crippen molar-refractivity contribution in [3.63, 3.8) is 0 Å². The van der Waals surface area contributed by atoms with Crippen LogP contribution in [0.4, 0.5) is 0 Å². The van der Waals surface area contributed by atoms with Crippen LogP contribution in [0.25, 0.3) is 0 Å². The second-order valence-electron chi connectivity index (χ2n) is 16.2. The van der Waals surface area contributed by atoms with Crippen LogP contribution in [0.3, 0.4) is 0 Å². The van der Waals surface area contributed by atoms with E-state index in [9.17, 15) is 19.5 Å². The van der Waals surface area contributed by atoms with Crippen molar-refractivity contribution in [2.24, 2.45) is 0 Å². The molecular weight excluding hydrogens is 739 g/mol. The second kappa shape index (κ2) is 41.3. The van der Waals surface area contributed by atoms with E-state index in [0.29, 0.717) is 12.8 Å². The Morgan fingerprint density at radius 1 is 0.508 bits per heavy atom. The molecule has 0 aliphatic heterocycles. The van der Waals surface area contributed by atoms with E-state index in [2.05, 4.69) is 98.9 Å². The summed E-state index contributed by atoms with van der Waals surface area (Å²) in [6.07, 6.45) is 53.3. The SMILES string of the molecule is CC/C=C/C/C=C/C/C=C/C/C=C/C/C=C/CCCCCCCCCC(=O)OCC(COCCC(C(=O)[O-])[N+](C)(C)C)OC(=O)CCCCCCC/C=C/C/C=C/CC. The number of aliphatic carboxylic acids is 1. The number of carboxylic acid groups (broad SMARTS) is 1. The van der Waals surface area contributed by atoms with Crippen LogP contribution in [0.2, 0.25) is 0 Å². The number of carbonyl (C=O) groups is 3. The highest BCUT2D eigenvalue weighted by molar-refractivity contribution is 5.70. The molecule has 0 spiro atoms. The summed E-state index contributed by atoms with van der Waals surface area (Å²) in [7, 11) is 5.39. The van der Waals surface area contributed by atoms with E-state index in [0.717, 1.165) is 116 Å². The molecule has 0 aromatic carbocycles. The molecule has 0 bridgehead atoms. The van der Waals surface area contributed by atoms with Gasteiger partial charge in [0.05, 0.1) is 40.3 Å². The van der Waals surface area contributed by atoms with Gasteiger partial charge in [0.15, 0.2) is 6.10 Å². The molecule has 0 aliphatic rings. The lowest BCUT2D eigenvalue weighted by molar-refractivity contribution is -0.889. The summed E-state index contributed by atoms with van der Waals surface area (Å²) >= 11 is 0. The largest absolute Gasteiger partial charge is 0.544 e. The maximum Gasteiger partial charge on any atom is 0.306 e. The molecule has 0 saturated carbocycles. The van der Waals surface area contributed by atoms with Crippen molar-refractivity contribution in [1.29, 1.82) is 0 Å². The zero-order chi connectivity index (χ0) is 43.5. The maximum atomic E-state index is 12.7. The highest BCUT2D eigenvalue weighted by Crippen LogP contribution is 2.13. The summed E-state index contributed by atoms with van der Waals surface area (Å²) < 4.78 is 17.1. The number of carbonyl (C=O) groups excluding carboxylic acids is 3. The van der Waals surface area contributed by atoms with Crippen molar-refractivity contribution < 1.29 is 38.2 Å². The van der Waals surface area contributed by atoms with Crippen molar-refractivity contribution in [3.05, 3.63) is 85.1 Å². The number of hydrogen-bond donors (Lipinski definition) is 0. The summed E-state index contributed by atoms with van der Waals surface area (Å²) in [6.45, 7) is 4.39. The van der Waals surface area contributed by atoms with E-state index in [1.54, 1.807) is 21.1 Å². The average molecular weight is 824 g/mol. The standard InChI is InChI=1S/C51H85NO7/c1-6-8-10-12-14-16-18-20-21-22-23-24-25-26-27-28-29-30-32-33-35-37-39-41-49(53)58-46-47(45-57-44-43-48(51(55)56)52(3,4)5)59-50(54)42-40-38-36-34-31-19-17-15-13-11-9-7-2/h8-11,14-17,20-21,23-24,26-27,47-48H,6-7,12-13,18-19,22,25,28-46H2,1-5H3/b10-8+,11-9+,16-14+,17-15+,21-20+,24-23+,27-26+. The van der Waals surface area contributed by atoms with Crippen LogP contribution in [0.5, 0.6) is 0 Å². The van der Waals surface area contributed by atoms with Crippen molar-refractivity contribution >= 4 is 17.9 Å². The molecule has 0 aliphatic carbocycles. The van der Waals surface area contributed by atoms with Crippen LogP contribution >= 0.6 is 0 Å². The average Bonchev–Trinajstić information content (AvgIpc) is 3.19. The Labute approximate surface area is 361 Å². The summed E-state index contributed by atoms with van der Waals surface area (Å²) in [4.78, 5) is 36.9. The number of likely N-dealkylation sites (N-methyl/N-ethyl adjacent to an activating group) is 1. The van der Waals surface area contributed by atoms with Crippen LogP contribution < -0.4 is 5.11 Å².